The molecule has 0 bridgehead atoms. The van der Waals surface area contributed by atoms with Gasteiger partial charge in [-0.25, -0.2) is 9.97 Å². The van der Waals surface area contributed by atoms with E-state index >= 15 is 0 Å². The van der Waals surface area contributed by atoms with Crippen LogP contribution in [0.3, 0.4) is 0 Å². The minimum atomic E-state index is 0.365. The molecule has 0 aliphatic rings. The molecule has 2 N–H and O–H groups in total. The van der Waals surface area contributed by atoms with Gasteiger partial charge in [0.05, 0.1) is 0 Å². The minimum absolute atomic E-state index is 0.365. The number of nitrogens with two attached hydrogens (primary N) is 1. The van der Waals surface area contributed by atoms with Crippen molar-refractivity contribution in [3.8, 4) is 0 Å². The van der Waals surface area contributed by atoms with Gasteiger partial charge in [0, 0.05) is 18.1 Å². The molecular weight excluding hydrogens is 194 g/mol. The van der Waals surface area contributed by atoms with Gasteiger partial charge in [-0.15, -0.1) is 11.8 Å². The van der Waals surface area contributed by atoms with E-state index in [0.717, 1.165) is 17.2 Å². The Morgan fingerprint density at radius 3 is 2.50 bits per heavy atom. The van der Waals surface area contributed by atoms with Crippen molar-refractivity contribution in [2.45, 2.75) is 32.2 Å². The van der Waals surface area contributed by atoms with E-state index in [-0.39, 0.29) is 0 Å². The van der Waals surface area contributed by atoms with Crippen molar-refractivity contribution in [2.75, 3.05) is 11.5 Å². The largest absolute Gasteiger partial charge is 0.381 e. The first kappa shape index (κ1) is 11.3. The first-order chi connectivity index (χ1) is 6.49. The summed E-state index contributed by atoms with van der Waals surface area (Å²) in [7, 11) is 0. The fraction of sp³-hybridized carbons (Fsp3) is 0.600. The van der Waals surface area contributed by atoms with Gasteiger partial charge in [0.25, 0.3) is 0 Å². The van der Waals surface area contributed by atoms with Crippen LogP contribution in [0.5, 0.6) is 0 Å². The van der Waals surface area contributed by atoms with Crippen LogP contribution < -0.4 is 5.73 Å². The zero-order valence-electron chi connectivity index (χ0n) is 8.95. The number of hydrogen-bond donors (Lipinski definition) is 1. The fourth-order valence-corrected chi connectivity index (χ4v) is 2.14. The van der Waals surface area contributed by atoms with E-state index in [1.54, 1.807) is 24.2 Å². The summed E-state index contributed by atoms with van der Waals surface area (Å²) in [6.45, 7) is 6.69. The fourth-order valence-electron chi connectivity index (χ4n) is 0.901. The van der Waals surface area contributed by atoms with E-state index in [1.165, 1.54) is 0 Å². The summed E-state index contributed by atoms with van der Waals surface area (Å²) >= 11 is 1.68. The van der Waals surface area contributed by atoms with E-state index in [2.05, 4.69) is 30.7 Å². The third-order valence-corrected chi connectivity index (χ3v) is 2.78. The van der Waals surface area contributed by atoms with E-state index in [0.29, 0.717) is 11.2 Å². The molecule has 1 aromatic heterocycles. The molecule has 78 valence electrons. The second-order valence-electron chi connectivity index (χ2n) is 4.41. The molecule has 0 spiro atoms. The Morgan fingerprint density at radius 1 is 1.29 bits per heavy atom. The van der Waals surface area contributed by atoms with Gasteiger partial charge in [0.1, 0.15) is 5.03 Å². The number of hydrogen-bond acceptors (Lipinski definition) is 4. The van der Waals surface area contributed by atoms with Crippen molar-refractivity contribution in [2.24, 2.45) is 5.41 Å². The Hall–Kier alpha value is -0.770. The monoisotopic (exact) mass is 211 g/mol. The van der Waals surface area contributed by atoms with Gasteiger partial charge in [-0.3, -0.25) is 0 Å². The van der Waals surface area contributed by atoms with Gasteiger partial charge in [0.2, 0.25) is 0 Å². The summed E-state index contributed by atoms with van der Waals surface area (Å²) < 4.78 is 0. The van der Waals surface area contributed by atoms with Crippen LogP contribution in [-0.2, 0) is 0 Å². The summed E-state index contributed by atoms with van der Waals surface area (Å²) in [4.78, 5) is 8.16. The summed E-state index contributed by atoms with van der Waals surface area (Å²) in [5.74, 6) is 1.57. The minimum Gasteiger partial charge on any atom is -0.381 e. The maximum absolute atomic E-state index is 5.68. The standard InChI is InChI=1S/C10H17N3S/c1-10(2,3)4-7-14-9-8(11)12-5-6-13-9/h5-6H,4,7H2,1-3H3,(H2,11,12). The Labute approximate surface area is 89.5 Å². The number of nitrogen functional groups attached to an aromatic ring is 1. The van der Waals surface area contributed by atoms with Crippen LogP contribution in [0.15, 0.2) is 17.4 Å². The van der Waals surface area contributed by atoms with Crippen molar-refractivity contribution < 1.29 is 0 Å². The lowest BCUT2D eigenvalue weighted by molar-refractivity contribution is 0.401. The molecule has 0 atom stereocenters. The van der Waals surface area contributed by atoms with Gasteiger partial charge in [-0.05, 0) is 11.8 Å². The quantitative estimate of drug-likeness (QED) is 0.781. The molecule has 0 radical (unpaired) electrons. The molecule has 0 unspecified atom stereocenters. The van der Waals surface area contributed by atoms with Gasteiger partial charge < -0.3 is 5.73 Å². The summed E-state index contributed by atoms with van der Waals surface area (Å²) in [6, 6.07) is 0. The van der Waals surface area contributed by atoms with Crippen LogP contribution in [-0.4, -0.2) is 15.7 Å². The Balaban J connectivity index is 2.43. The van der Waals surface area contributed by atoms with E-state index in [9.17, 15) is 0 Å². The highest BCUT2D eigenvalue weighted by Crippen LogP contribution is 2.26. The van der Waals surface area contributed by atoms with Gasteiger partial charge in [0.15, 0.2) is 5.82 Å². The number of aromatic nitrogens is 2. The SMILES string of the molecule is CC(C)(C)CCSc1nccnc1N. The molecule has 1 heterocycles. The molecule has 0 aliphatic carbocycles. The van der Waals surface area contributed by atoms with E-state index in [1.807, 2.05) is 0 Å². The molecular formula is C10H17N3S. The molecule has 3 nitrogen and oxygen atoms in total. The Morgan fingerprint density at radius 2 is 1.93 bits per heavy atom. The van der Waals surface area contributed by atoms with Crippen LogP contribution >= 0.6 is 11.8 Å². The molecule has 0 aliphatic heterocycles. The average molecular weight is 211 g/mol. The lowest BCUT2D eigenvalue weighted by Gasteiger charge is -2.17. The average Bonchev–Trinajstić information content (AvgIpc) is 2.06. The molecule has 0 amide bonds. The van der Waals surface area contributed by atoms with Crippen LogP contribution in [0.4, 0.5) is 5.82 Å². The lowest BCUT2D eigenvalue weighted by Crippen LogP contribution is -2.06. The van der Waals surface area contributed by atoms with Gasteiger partial charge >= 0.3 is 0 Å². The van der Waals surface area contributed by atoms with Crippen molar-refractivity contribution in [1.29, 1.82) is 0 Å². The molecule has 0 fully saturated rings. The predicted octanol–water partition coefficient (Wildman–Crippen LogP) is 2.59. The molecule has 0 aromatic carbocycles. The smallest absolute Gasteiger partial charge is 0.156 e. The lowest BCUT2D eigenvalue weighted by atomic mass is 9.94. The molecule has 14 heavy (non-hydrogen) atoms. The maximum atomic E-state index is 5.68. The maximum Gasteiger partial charge on any atom is 0.156 e. The predicted molar refractivity (Wildman–Crippen MR) is 61.2 cm³/mol. The summed E-state index contributed by atoms with van der Waals surface area (Å²) in [6.07, 6.45) is 4.44. The van der Waals surface area contributed by atoms with Crippen LogP contribution in [0.25, 0.3) is 0 Å². The van der Waals surface area contributed by atoms with Crippen LogP contribution in [0.1, 0.15) is 27.2 Å². The first-order valence-corrected chi connectivity index (χ1v) is 5.67. The van der Waals surface area contributed by atoms with Crippen molar-refractivity contribution in [3.05, 3.63) is 12.4 Å². The number of thioether (sulfide) groups is 1. The highest BCUT2D eigenvalue weighted by atomic mass is 32.2. The summed E-state index contributed by atoms with van der Waals surface area (Å²) in [5.41, 5.74) is 6.04. The summed E-state index contributed by atoms with van der Waals surface area (Å²) in [5, 5.41) is 0.844. The third kappa shape index (κ3) is 3.96. The van der Waals surface area contributed by atoms with Crippen molar-refractivity contribution >= 4 is 17.6 Å². The zero-order chi connectivity index (χ0) is 10.6. The normalized spacial score (nSPS) is 11.6. The van der Waals surface area contributed by atoms with E-state index in [4.69, 9.17) is 5.73 Å². The van der Waals surface area contributed by atoms with Gasteiger partial charge in [-0.2, -0.15) is 0 Å². The second-order valence-corrected chi connectivity index (χ2v) is 5.49. The number of nitrogens with zero attached hydrogens (tertiary/aromatic N) is 2. The number of anilines is 1. The van der Waals surface area contributed by atoms with Gasteiger partial charge in [-0.1, -0.05) is 20.8 Å². The molecule has 4 heteroatoms. The topological polar surface area (TPSA) is 51.8 Å². The molecule has 0 saturated heterocycles. The number of rotatable bonds is 3. The van der Waals surface area contributed by atoms with Crippen molar-refractivity contribution in [1.82, 2.24) is 9.97 Å². The second kappa shape index (κ2) is 4.64. The molecule has 1 aromatic rings. The molecule has 1 rings (SSSR count). The highest BCUT2D eigenvalue weighted by molar-refractivity contribution is 7.99. The van der Waals surface area contributed by atoms with Crippen molar-refractivity contribution in [3.63, 3.8) is 0 Å². The third-order valence-electron chi connectivity index (χ3n) is 1.78. The van der Waals surface area contributed by atoms with E-state index < -0.39 is 0 Å². The van der Waals surface area contributed by atoms with Crippen LogP contribution in [0, 0.1) is 5.41 Å². The Kier molecular flexibility index (Phi) is 3.75. The molecule has 0 saturated carbocycles. The first-order valence-electron chi connectivity index (χ1n) is 4.68. The van der Waals surface area contributed by atoms with Crippen LogP contribution in [0.2, 0.25) is 0 Å². The zero-order valence-corrected chi connectivity index (χ0v) is 9.77. The highest BCUT2D eigenvalue weighted by Gasteiger charge is 2.10. The Bertz CT molecular complexity index is 294.